The highest BCUT2D eigenvalue weighted by atomic mass is 35.5. The van der Waals surface area contributed by atoms with Gasteiger partial charge in [-0.25, -0.2) is 0 Å². The number of piperazine rings is 1. The van der Waals surface area contributed by atoms with Crippen molar-refractivity contribution in [2.75, 3.05) is 26.2 Å². The zero-order valence-electron chi connectivity index (χ0n) is 16.3. The molecule has 0 bridgehead atoms. The molecule has 0 aliphatic carbocycles. The third kappa shape index (κ3) is 5.00. The van der Waals surface area contributed by atoms with Gasteiger partial charge in [0.25, 0.3) is 5.91 Å². The smallest absolute Gasteiger partial charge is 0.253 e. The SMILES string of the molecule is CC(C)[C@](C)(C#N)NC(=O)[C@@H](C)N1CCN(C(=O)c2cccc(Cl)c2)CC1. The largest absolute Gasteiger partial charge is 0.336 e. The highest BCUT2D eigenvalue weighted by molar-refractivity contribution is 6.30. The molecule has 7 heteroatoms. The third-order valence-electron chi connectivity index (χ3n) is 5.37. The summed E-state index contributed by atoms with van der Waals surface area (Å²) in [6.45, 7) is 9.69. The van der Waals surface area contributed by atoms with Crippen LogP contribution in [0.2, 0.25) is 5.02 Å². The van der Waals surface area contributed by atoms with E-state index in [1.807, 2.05) is 25.7 Å². The lowest BCUT2D eigenvalue weighted by molar-refractivity contribution is -0.128. The van der Waals surface area contributed by atoms with Crippen molar-refractivity contribution < 1.29 is 9.59 Å². The van der Waals surface area contributed by atoms with E-state index in [1.165, 1.54) is 0 Å². The van der Waals surface area contributed by atoms with Crippen molar-refractivity contribution in [1.29, 1.82) is 5.26 Å². The zero-order chi connectivity index (χ0) is 20.2. The van der Waals surface area contributed by atoms with E-state index in [9.17, 15) is 14.9 Å². The molecule has 27 heavy (non-hydrogen) atoms. The number of amides is 2. The zero-order valence-corrected chi connectivity index (χ0v) is 17.1. The van der Waals surface area contributed by atoms with Crippen LogP contribution < -0.4 is 5.32 Å². The molecule has 1 fully saturated rings. The number of nitrogens with zero attached hydrogens (tertiary/aromatic N) is 3. The molecule has 0 saturated carbocycles. The van der Waals surface area contributed by atoms with Gasteiger partial charge in [-0.05, 0) is 38.0 Å². The van der Waals surface area contributed by atoms with Gasteiger partial charge in [0, 0.05) is 36.8 Å². The molecule has 0 spiro atoms. The van der Waals surface area contributed by atoms with E-state index < -0.39 is 5.54 Å². The summed E-state index contributed by atoms with van der Waals surface area (Å²) in [5, 5.41) is 12.8. The van der Waals surface area contributed by atoms with Gasteiger partial charge in [0.05, 0.1) is 12.1 Å². The van der Waals surface area contributed by atoms with Crippen LogP contribution in [0.15, 0.2) is 24.3 Å². The van der Waals surface area contributed by atoms with Crippen LogP contribution in [0.5, 0.6) is 0 Å². The van der Waals surface area contributed by atoms with Crippen molar-refractivity contribution in [2.24, 2.45) is 5.92 Å². The molecule has 1 aliphatic heterocycles. The normalized spacial score (nSPS) is 18.5. The first-order valence-electron chi connectivity index (χ1n) is 9.20. The lowest BCUT2D eigenvalue weighted by atomic mass is 9.89. The standard InChI is InChI=1S/C20H27ClN4O2/c1-14(2)20(4,13-22)23-18(26)15(3)24-8-10-25(11-9-24)19(27)16-6-5-7-17(21)12-16/h5-7,12,14-15H,8-11H2,1-4H3,(H,23,26)/t15-,20+/m1/s1. The van der Waals surface area contributed by atoms with Crippen LogP contribution in [0.1, 0.15) is 38.1 Å². The molecular weight excluding hydrogens is 364 g/mol. The number of nitrogens with one attached hydrogen (secondary N) is 1. The number of hydrogen-bond acceptors (Lipinski definition) is 4. The summed E-state index contributed by atoms with van der Waals surface area (Å²) in [5.41, 5.74) is -0.320. The summed E-state index contributed by atoms with van der Waals surface area (Å²) in [6.07, 6.45) is 0. The molecule has 1 saturated heterocycles. The molecule has 6 nitrogen and oxygen atoms in total. The second-order valence-electron chi connectivity index (χ2n) is 7.47. The van der Waals surface area contributed by atoms with Crippen LogP contribution in [0.25, 0.3) is 0 Å². The number of carbonyl (C=O) groups excluding carboxylic acids is 2. The van der Waals surface area contributed by atoms with Crippen molar-refractivity contribution in [3.8, 4) is 6.07 Å². The second kappa shape index (κ2) is 8.73. The predicted molar refractivity (Wildman–Crippen MR) is 105 cm³/mol. The quantitative estimate of drug-likeness (QED) is 0.838. The van der Waals surface area contributed by atoms with E-state index in [4.69, 9.17) is 11.6 Å². The summed E-state index contributed by atoms with van der Waals surface area (Å²) in [6, 6.07) is 8.76. The van der Waals surface area contributed by atoms with E-state index >= 15 is 0 Å². The summed E-state index contributed by atoms with van der Waals surface area (Å²) in [7, 11) is 0. The molecule has 1 aromatic carbocycles. The Kier molecular flexibility index (Phi) is 6.85. The van der Waals surface area contributed by atoms with Crippen LogP contribution in [-0.2, 0) is 4.79 Å². The molecule has 1 heterocycles. The molecule has 1 aromatic rings. The molecule has 1 aliphatic rings. The maximum Gasteiger partial charge on any atom is 0.253 e. The van der Waals surface area contributed by atoms with Crippen molar-refractivity contribution in [2.45, 2.75) is 39.3 Å². The number of nitriles is 1. The molecule has 0 aromatic heterocycles. The average molecular weight is 391 g/mol. The minimum atomic E-state index is -0.893. The van der Waals surface area contributed by atoms with Gasteiger partial charge in [0.2, 0.25) is 5.91 Å². The number of rotatable bonds is 5. The fourth-order valence-electron chi connectivity index (χ4n) is 2.94. The first-order chi connectivity index (χ1) is 12.7. The predicted octanol–water partition coefficient (Wildman–Crippen LogP) is 2.54. The summed E-state index contributed by atoms with van der Waals surface area (Å²) in [5.74, 6) is -0.209. The summed E-state index contributed by atoms with van der Waals surface area (Å²) in [4.78, 5) is 29.0. The monoisotopic (exact) mass is 390 g/mol. The maximum absolute atomic E-state index is 12.6. The maximum atomic E-state index is 12.6. The van der Waals surface area contributed by atoms with Gasteiger partial charge in [0.1, 0.15) is 5.54 Å². The molecule has 2 atom stereocenters. The number of carbonyl (C=O) groups is 2. The topological polar surface area (TPSA) is 76.4 Å². The fraction of sp³-hybridized carbons (Fsp3) is 0.550. The van der Waals surface area contributed by atoms with Gasteiger partial charge in [0.15, 0.2) is 0 Å². The van der Waals surface area contributed by atoms with Crippen molar-refractivity contribution in [3.05, 3.63) is 34.9 Å². The Morgan fingerprint density at radius 2 is 1.85 bits per heavy atom. The van der Waals surface area contributed by atoms with Crippen LogP contribution in [-0.4, -0.2) is 59.4 Å². The lowest BCUT2D eigenvalue weighted by Crippen LogP contribution is -2.58. The minimum absolute atomic E-state index is 0.00538. The Labute approximate surface area is 166 Å². The third-order valence-corrected chi connectivity index (χ3v) is 5.61. The Hall–Kier alpha value is -2.10. The molecular formula is C20H27ClN4O2. The fourth-order valence-corrected chi connectivity index (χ4v) is 3.13. The average Bonchev–Trinajstić information content (AvgIpc) is 2.66. The molecule has 146 valence electrons. The first kappa shape index (κ1) is 21.2. The van der Waals surface area contributed by atoms with Gasteiger partial charge >= 0.3 is 0 Å². The van der Waals surface area contributed by atoms with Crippen LogP contribution in [0.3, 0.4) is 0 Å². The van der Waals surface area contributed by atoms with Crippen molar-refractivity contribution in [3.63, 3.8) is 0 Å². The second-order valence-corrected chi connectivity index (χ2v) is 7.91. The van der Waals surface area contributed by atoms with Crippen LogP contribution in [0, 0.1) is 17.2 Å². The molecule has 2 amide bonds. The minimum Gasteiger partial charge on any atom is -0.336 e. The summed E-state index contributed by atoms with van der Waals surface area (Å²) < 4.78 is 0. The van der Waals surface area contributed by atoms with Gasteiger partial charge in [-0.1, -0.05) is 31.5 Å². The first-order valence-corrected chi connectivity index (χ1v) is 9.58. The van der Waals surface area contributed by atoms with Crippen LogP contribution in [0.4, 0.5) is 0 Å². The van der Waals surface area contributed by atoms with Gasteiger partial charge in [-0.15, -0.1) is 0 Å². The van der Waals surface area contributed by atoms with E-state index in [0.29, 0.717) is 36.8 Å². The highest BCUT2D eigenvalue weighted by Crippen LogP contribution is 2.17. The van der Waals surface area contributed by atoms with Gasteiger partial charge < -0.3 is 10.2 Å². The summed E-state index contributed by atoms with van der Waals surface area (Å²) >= 11 is 5.97. The Balaban J connectivity index is 1.94. The van der Waals surface area contributed by atoms with Crippen molar-refractivity contribution in [1.82, 2.24) is 15.1 Å². The van der Waals surface area contributed by atoms with Crippen molar-refractivity contribution >= 4 is 23.4 Å². The van der Waals surface area contributed by atoms with Gasteiger partial charge in [-0.2, -0.15) is 5.26 Å². The number of benzene rings is 1. The van der Waals surface area contributed by atoms with E-state index in [-0.39, 0.29) is 23.8 Å². The number of hydrogen-bond donors (Lipinski definition) is 1. The van der Waals surface area contributed by atoms with E-state index in [2.05, 4.69) is 11.4 Å². The van der Waals surface area contributed by atoms with E-state index in [0.717, 1.165) is 0 Å². The Morgan fingerprint density at radius 1 is 1.22 bits per heavy atom. The molecule has 1 N–H and O–H groups in total. The number of halogens is 1. The molecule has 2 rings (SSSR count). The van der Waals surface area contributed by atoms with Crippen LogP contribution >= 0.6 is 11.6 Å². The van der Waals surface area contributed by atoms with E-state index in [1.54, 1.807) is 36.1 Å². The van der Waals surface area contributed by atoms with Gasteiger partial charge in [-0.3, -0.25) is 14.5 Å². The highest BCUT2D eigenvalue weighted by Gasteiger charge is 2.34. The Morgan fingerprint density at radius 3 is 2.37 bits per heavy atom. The molecule has 0 radical (unpaired) electrons. The Bertz CT molecular complexity index is 738. The molecule has 0 unspecified atom stereocenters. The lowest BCUT2D eigenvalue weighted by Gasteiger charge is -2.38.